The van der Waals surface area contributed by atoms with Gasteiger partial charge in [-0.3, -0.25) is 0 Å². The van der Waals surface area contributed by atoms with Gasteiger partial charge in [0, 0.05) is 0 Å². The molecule has 1 aromatic carbocycles. The number of nitrogens with zero attached hydrogens (tertiary/aromatic N) is 3. The molecule has 0 saturated heterocycles. The first-order valence-electron chi connectivity index (χ1n) is 5.86. The van der Waals surface area contributed by atoms with Crippen molar-refractivity contribution < 1.29 is 4.74 Å². The second-order valence-corrected chi connectivity index (χ2v) is 5.44. The summed E-state index contributed by atoms with van der Waals surface area (Å²) in [4.78, 5) is 0. The Bertz CT molecular complexity index is 592. The molecule has 0 bridgehead atoms. The maximum Gasteiger partial charge on any atom is 0.101 e. The summed E-state index contributed by atoms with van der Waals surface area (Å²) in [6.07, 6.45) is 0. The van der Waals surface area contributed by atoms with Gasteiger partial charge in [0.15, 0.2) is 0 Å². The Morgan fingerprint density at radius 2 is 1.47 bits per heavy atom. The topological polar surface area (TPSA) is 80.6 Å². The molecule has 19 heavy (non-hydrogen) atoms. The highest BCUT2D eigenvalue weighted by Gasteiger charge is 2.13. The summed E-state index contributed by atoms with van der Waals surface area (Å²) < 4.78 is 5.56. The molecule has 0 atom stereocenters. The number of hydrogen-bond acceptors (Lipinski definition) is 4. The highest BCUT2D eigenvalue weighted by atomic mass is 16.5. The van der Waals surface area contributed by atoms with Crippen LogP contribution in [0.3, 0.4) is 0 Å². The molecule has 0 heterocycles. The molecule has 96 valence electrons. The Kier molecular flexibility index (Phi) is 4.65. The first-order valence-corrected chi connectivity index (χ1v) is 5.86. The molecule has 0 aliphatic heterocycles. The van der Waals surface area contributed by atoms with Crippen LogP contribution in [0.15, 0.2) is 12.1 Å². The number of rotatable bonds is 3. The van der Waals surface area contributed by atoms with Crippen molar-refractivity contribution in [2.45, 2.75) is 27.4 Å². The van der Waals surface area contributed by atoms with Crippen molar-refractivity contribution in [2.24, 2.45) is 5.41 Å². The quantitative estimate of drug-likeness (QED) is 0.829. The zero-order valence-electron chi connectivity index (χ0n) is 11.3. The minimum absolute atomic E-state index is 0.0391. The molecule has 4 heteroatoms. The average Bonchev–Trinajstić information content (AvgIpc) is 2.36. The van der Waals surface area contributed by atoms with E-state index in [1.54, 1.807) is 6.07 Å². The molecule has 0 aliphatic carbocycles. The lowest BCUT2D eigenvalue weighted by Gasteiger charge is -2.18. The molecule has 0 fully saturated rings. The van der Waals surface area contributed by atoms with Gasteiger partial charge in [0.1, 0.15) is 12.1 Å². The highest BCUT2D eigenvalue weighted by Crippen LogP contribution is 2.19. The Balaban J connectivity index is 2.99. The molecule has 0 radical (unpaired) electrons. The molecule has 0 saturated carbocycles. The second-order valence-electron chi connectivity index (χ2n) is 5.44. The summed E-state index contributed by atoms with van der Waals surface area (Å²) in [7, 11) is 0. The molecular weight excluding hydrogens is 238 g/mol. The third kappa shape index (κ3) is 4.11. The van der Waals surface area contributed by atoms with Crippen LogP contribution in [0.5, 0.6) is 0 Å². The van der Waals surface area contributed by atoms with Crippen molar-refractivity contribution in [1.29, 1.82) is 15.8 Å². The van der Waals surface area contributed by atoms with E-state index in [1.807, 2.05) is 18.2 Å². The highest BCUT2D eigenvalue weighted by molar-refractivity contribution is 5.53. The summed E-state index contributed by atoms with van der Waals surface area (Å²) in [5, 5.41) is 26.9. The standard InChI is InChI=1S/C15H15N3O/c1-15(2,3)10-19-9-14-5-12(7-17)11(6-16)4-13(14)8-18/h4-5H,9-10H2,1-3H3. The normalized spacial score (nSPS) is 10.3. The average molecular weight is 253 g/mol. The Hall–Kier alpha value is -2.35. The number of nitriles is 3. The summed E-state index contributed by atoms with van der Waals surface area (Å²) in [6.45, 7) is 6.98. The van der Waals surface area contributed by atoms with Crippen LogP contribution in [0.4, 0.5) is 0 Å². The third-order valence-corrected chi connectivity index (χ3v) is 2.40. The lowest BCUT2D eigenvalue weighted by molar-refractivity contribution is 0.0598. The second kappa shape index (κ2) is 6.01. The Morgan fingerprint density at radius 3 is 1.95 bits per heavy atom. The molecule has 4 nitrogen and oxygen atoms in total. The maximum absolute atomic E-state index is 9.06. The molecule has 1 aromatic rings. The third-order valence-electron chi connectivity index (χ3n) is 2.40. The fourth-order valence-electron chi connectivity index (χ4n) is 1.52. The molecular formula is C15H15N3O. The molecule has 0 spiro atoms. The van der Waals surface area contributed by atoms with Gasteiger partial charge in [-0.2, -0.15) is 15.8 Å². The van der Waals surface area contributed by atoms with Crippen LogP contribution < -0.4 is 0 Å². The SMILES string of the molecule is CC(C)(C)COCc1cc(C#N)c(C#N)cc1C#N. The van der Waals surface area contributed by atoms with Gasteiger partial charge in [-0.1, -0.05) is 20.8 Å². The van der Waals surface area contributed by atoms with Gasteiger partial charge in [-0.15, -0.1) is 0 Å². The van der Waals surface area contributed by atoms with Crippen molar-refractivity contribution in [3.63, 3.8) is 0 Å². The van der Waals surface area contributed by atoms with Gasteiger partial charge in [-0.25, -0.2) is 0 Å². The summed E-state index contributed by atoms with van der Waals surface area (Å²) in [6, 6.07) is 8.89. The molecule has 0 amide bonds. The van der Waals surface area contributed by atoms with E-state index in [0.717, 1.165) is 0 Å². The first kappa shape index (κ1) is 14.7. The van der Waals surface area contributed by atoms with E-state index in [4.69, 9.17) is 20.5 Å². The molecule has 0 unspecified atom stereocenters. The molecule has 0 aromatic heterocycles. The van der Waals surface area contributed by atoms with Crippen molar-refractivity contribution in [3.8, 4) is 18.2 Å². The summed E-state index contributed by atoms with van der Waals surface area (Å²) in [5.74, 6) is 0. The summed E-state index contributed by atoms with van der Waals surface area (Å²) in [5.41, 5.74) is 1.55. The van der Waals surface area contributed by atoms with Crippen LogP contribution in [0.1, 0.15) is 43.0 Å². The lowest BCUT2D eigenvalue weighted by Crippen LogP contribution is -2.14. The van der Waals surface area contributed by atoms with Gasteiger partial charge >= 0.3 is 0 Å². The van der Waals surface area contributed by atoms with E-state index in [9.17, 15) is 0 Å². The number of ether oxygens (including phenoxy) is 1. The van der Waals surface area contributed by atoms with E-state index < -0.39 is 0 Å². The van der Waals surface area contributed by atoms with Gasteiger partial charge < -0.3 is 4.74 Å². The van der Waals surface area contributed by atoms with E-state index in [-0.39, 0.29) is 23.1 Å². The minimum atomic E-state index is 0.0391. The van der Waals surface area contributed by atoms with Crippen LogP contribution in [0.25, 0.3) is 0 Å². The van der Waals surface area contributed by atoms with E-state index in [0.29, 0.717) is 17.7 Å². The van der Waals surface area contributed by atoms with Crippen molar-refractivity contribution in [3.05, 3.63) is 34.4 Å². The monoisotopic (exact) mass is 253 g/mol. The van der Waals surface area contributed by atoms with Gasteiger partial charge in [-0.05, 0) is 23.1 Å². The maximum atomic E-state index is 9.06. The molecule has 0 N–H and O–H groups in total. The predicted octanol–water partition coefficient (Wildman–Crippen LogP) is 2.86. The zero-order valence-corrected chi connectivity index (χ0v) is 11.3. The van der Waals surface area contributed by atoms with E-state index >= 15 is 0 Å². The fraction of sp³-hybridized carbons (Fsp3) is 0.400. The van der Waals surface area contributed by atoms with Gasteiger partial charge in [0.2, 0.25) is 0 Å². The zero-order chi connectivity index (χ0) is 14.5. The largest absolute Gasteiger partial charge is 0.376 e. The van der Waals surface area contributed by atoms with Crippen LogP contribution >= 0.6 is 0 Å². The summed E-state index contributed by atoms with van der Waals surface area (Å²) >= 11 is 0. The number of hydrogen-bond donors (Lipinski definition) is 0. The van der Waals surface area contributed by atoms with Crippen molar-refractivity contribution in [2.75, 3.05) is 6.61 Å². The van der Waals surface area contributed by atoms with E-state index in [1.165, 1.54) is 6.07 Å². The Morgan fingerprint density at radius 1 is 0.947 bits per heavy atom. The Labute approximate surface area is 113 Å². The number of benzene rings is 1. The van der Waals surface area contributed by atoms with Crippen LogP contribution in [0.2, 0.25) is 0 Å². The van der Waals surface area contributed by atoms with Crippen LogP contribution in [0, 0.1) is 39.4 Å². The van der Waals surface area contributed by atoms with Gasteiger partial charge in [0.05, 0.1) is 36.0 Å². The molecule has 1 rings (SSSR count). The van der Waals surface area contributed by atoms with E-state index in [2.05, 4.69) is 20.8 Å². The van der Waals surface area contributed by atoms with Gasteiger partial charge in [0.25, 0.3) is 0 Å². The van der Waals surface area contributed by atoms with Crippen LogP contribution in [-0.4, -0.2) is 6.61 Å². The molecule has 0 aliphatic rings. The predicted molar refractivity (Wildman–Crippen MR) is 69.7 cm³/mol. The fourth-order valence-corrected chi connectivity index (χ4v) is 1.52. The minimum Gasteiger partial charge on any atom is -0.376 e. The van der Waals surface area contributed by atoms with Crippen molar-refractivity contribution >= 4 is 0 Å². The smallest absolute Gasteiger partial charge is 0.101 e. The lowest BCUT2D eigenvalue weighted by atomic mass is 9.98. The van der Waals surface area contributed by atoms with Crippen LogP contribution in [-0.2, 0) is 11.3 Å². The van der Waals surface area contributed by atoms with Crippen molar-refractivity contribution in [1.82, 2.24) is 0 Å². The first-order chi connectivity index (χ1) is 8.91.